The van der Waals surface area contributed by atoms with Crippen molar-refractivity contribution in [3.8, 4) is 5.75 Å². The van der Waals surface area contributed by atoms with Gasteiger partial charge in [-0.25, -0.2) is 8.42 Å². The summed E-state index contributed by atoms with van der Waals surface area (Å²) >= 11 is 11.2. The Morgan fingerprint density at radius 3 is 2.41 bits per heavy atom. The summed E-state index contributed by atoms with van der Waals surface area (Å²) in [5.41, 5.74) is 0.0971. The molecule has 0 aromatic heterocycles. The second-order valence-corrected chi connectivity index (χ2v) is 5.86. The molecule has 8 heteroatoms. The second-order valence-electron chi connectivity index (χ2n) is 3.18. The molecule has 0 amide bonds. The topological polar surface area (TPSA) is 43.4 Å². The Morgan fingerprint density at radius 1 is 1.41 bits per heavy atom. The fourth-order valence-electron chi connectivity index (χ4n) is 1.22. The Hall–Kier alpha value is -0.590. The molecule has 0 aliphatic rings. The molecule has 3 nitrogen and oxygen atoms in total. The van der Waals surface area contributed by atoms with E-state index in [1.807, 2.05) is 0 Å². The lowest BCUT2D eigenvalue weighted by molar-refractivity contribution is -0.0522. The van der Waals surface area contributed by atoms with Gasteiger partial charge in [0, 0.05) is 16.8 Å². The Kier molecular flexibility index (Phi) is 4.57. The number of ether oxygens (including phenoxy) is 1. The molecule has 0 fully saturated rings. The van der Waals surface area contributed by atoms with E-state index in [1.165, 1.54) is 6.07 Å². The van der Waals surface area contributed by atoms with Crippen LogP contribution >= 0.6 is 23.2 Å². The quantitative estimate of drug-likeness (QED) is 0.803. The molecule has 0 atom stereocenters. The zero-order valence-corrected chi connectivity index (χ0v) is 10.9. The summed E-state index contributed by atoms with van der Waals surface area (Å²) in [5.74, 6) is -0.646. The summed E-state index contributed by atoms with van der Waals surface area (Å²) in [6.07, 6.45) is 0.870. The minimum Gasteiger partial charge on any atom is -0.433 e. The maximum absolute atomic E-state index is 12.2. The highest BCUT2D eigenvalue weighted by Crippen LogP contribution is 2.34. The van der Waals surface area contributed by atoms with E-state index in [0.29, 0.717) is 0 Å². The molecule has 0 unspecified atom stereocenters. The first kappa shape index (κ1) is 14.5. The van der Waals surface area contributed by atoms with Crippen molar-refractivity contribution in [1.29, 1.82) is 0 Å². The molecule has 0 N–H and O–H groups in total. The predicted octanol–water partition coefficient (Wildman–Crippen LogP) is 3.08. The SMILES string of the molecule is CS(=O)(=O)c1cc(Cl)cc(CCl)c1OC(F)F. The van der Waals surface area contributed by atoms with Crippen molar-refractivity contribution in [3.63, 3.8) is 0 Å². The zero-order valence-electron chi connectivity index (χ0n) is 8.58. The number of rotatable bonds is 4. The van der Waals surface area contributed by atoms with Crippen molar-refractivity contribution >= 4 is 33.0 Å². The molecule has 96 valence electrons. The third-order valence-electron chi connectivity index (χ3n) is 1.85. The molecule has 0 saturated carbocycles. The van der Waals surface area contributed by atoms with E-state index in [4.69, 9.17) is 23.2 Å². The van der Waals surface area contributed by atoms with Crippen LogP contribution in [-0.2, 0) is 15.7 Å². The molecule has 0 heterocycles. The molecule has 1 rings (SSSR count). The molecular weight excluding hydrogens is 297 g/mol. The molecule has 0 spiro atoms. The number of alkyl halides is 3. The van der Waals surface area contributed by atoms with E-state index in [1.54, 1.807) is 0 Å². The molecule has 0 aliphatic carbocycles. The van der Waals surface area contributed by atoms with E-state index in [-0.39, 0.29) is 16.5 Å². The number of hydrogen-bond donors (Lipinski definition) is 0. The summed E-state index contributed by atoms with van der Waals surface area (Å²) in [6, 6.07) is 2.33. The van der Waals surface area contributed by atoms with Crippen molar-refractivity contribution in [2.24, 2.45) is 0 Å². The van der Waals surface area contributed by atoms with Gasteiger partial charge >= 0.3 is 6.61 Å². The summed E-state index contributed by atoms with van der Waals surface area (Å²) in [6.45, 7) is -3.14. The lowest BCUT2D eigenvalue weighted by atomic mass is 10.2. The molecule has 0 saturated heterocycles. The zero-order chi connectivity index (χ0) is 13.2. The average molecular weight is 305 g/mol. The van der Waals surface area contributed by atoms with Crippen LogP contribution in [0.4, 0.5) is 8.78 Å². The van der Waals surface area contributed by atoms with Crippen LogP contribution in [0.5, 0.6) is 5.75 Å². The lowest BCUT2D eigenvalue weighted by Crippen LogP contribution is -2.09. The van der Waals surface area contributed by atoms with Crippen molar-refractivity contribution < 1.29 is 21.9 Å². The summed E-state index contributed by atoms with van der Waals surface area (Å²) in [5, 5.41) is 0.0858. The predicted molar refractivity (Wildman–Crippen MR) is 60.8 cm³/mol. The van der Waals surface area contributed by atoms with Gasteiger partial charge in [-0.05, 0) is 12.1 Å². The van der Waals surface area contributed by atoms with Crippen molar-refractivity contribution in [2.75, 3.05) is 6.26 Å². The van der Waals surface area contributed by atoms with Crippen LogP contribution in [0.2, 0.25) is 5.02 Å². The minimum atomic E-state index is -3.74. The number of halogens is 4. The van der Waals surface area contributed by atoms with Gasteiger partial charge in [-0.15, -0.1) is 11.6 Å². The van der Waals surface area contributed by atoms with Crippen LogP contribution in [-0.4, -0.2) is 21.3 Å². The standard InChI is InChI=1S/C9H8Cl2F2O3S/c1-17(14,15)7-3-6(11)2-5(4-10)8(7)16-9(12)13/h2-3,9H,4H2,1H3. The molecular formula is C9H8Cl2F2O3S. The third kappa shape index (κ3) is 3.69. The van der Waals surface area contributed by atoms with Crippen LogP contribution in [0.15, 0.2) is 17.0 Å². The Bertz CT molecular complexity index is 517. The Balaban J connectivity index is 3.50. The number of hydrogen-bond acceptors (Lipinski definition) is 3. The van der Waals surface area contributed by atoms with Gasteiger partial charge in [0.05, 0.1) is 5.88 Å². The van der Waals surface area contributed by atoms with Crippen LogP contribution in [0.1, 0.15) is 5.56 Å². The molecule has 17 heavy (non-hydrogen) atoms. The molecule has 0 radical (unpaired) electrons. The van der Waals surface area contributed by atoms with Crippen LogP contribution in [0.25, 0.3) is 0 Å². The fraction of sp³-hybridized carbons (Fsp3) is 0.333. The van der Waals surface area contributed by atoms with Gasteiger partial charge in [0.25, 0.3) is 0 Å². The molecule has 0 bridgehead atoms. The fourth-order valence-corrected chi connectivity index (χ4v) is 2.58. The summed E-state index contributed by atoms with van der Waals surface area (Å²) in [7, 11) is -3.74. The largest absolute Gasteiger partial charge is 0.433 e. The molecule has 0 aliphatic heterocycles. The summed E-state index contributed by atoms with van der Waals surface area (Å²) < 4.78 is 51.5. The Morgan fingerprint density at radius 2 is 2.00 bits per heavy atom. The third-order valence-corrected chi connectivity index (χ3v) is 3.46. The van der Waals surface area contributed by atoms with Crippen LogP contribution in [0.3, 0.4) is 0 Å². The van der Waals surface area contributed by atoms with Gasteiger partial charge in [0.15, 0.2) is 9.84 Å². The highest BCUT2D eigenvalue weighted by Gasteiger charge is 2.21. The van der Waals surface area contributed by atoms with E-state index in [9.17, 15) is 17.2 Å². The van der Waals surface area contributed by atoms with Crippen molar-refractivity contribution in [2.45, 2.75) is 17.4 Å². The maximum atomic E-state index is 12.2. The smallest absolute Gasteiger partial charge is 0.387 e. The first-order valence-electron chi connectivity index (χ1n) is 4.29. The van der Waals surface area contributed by atoms with Crippen LogP contribution < -0.4 is 4.74 Å². The average Bonchev–Trinajstić information content (AvgIpc) is 2.17. The van der Waals surface area contributed by atoms with Gasteiger partial charge in [-0.3, -0.25) is 0 Å². The van der Waals surface area contributed by atoms with E-state index in [2.05, 4.69) is 4.74 Å². The van der Waals surface area contributed by atoms with Gasteiger partial charge in [-0.1, -0.05) is 11.6 Å². The first-order valence-corrected chi connectivity index (χ1v) is 7.09. The number of benzene rings is 1. The van der Waals surface area contributed by atoms with Crippen molar-refractivity contribution in [3.05, 3.63) is 22.7 Å². The first-order chi connectivity index (χ1) is 7.75. The van der Waals surface area contributed by atoms with Crippen molar-refractivity contribution in [1.82, 2.24) is 0 Å². The monoisotopic (exact) mass is 304 g/mol. The molecule has 1 aromatic carbocycles. The van der Waals surface area contributed by atoms with Gasteiger partial charge in [0.1, 0.15) is 10.6 Å². The van der Waals surface area contributed by atoms with E-state index < -0.39 is 27.1 Å². The van der Waals surface area contributed by atoms with Crippen LogP contribution in [0, 0.1) is 0 Å². The molecule has 1 aromatic rings. The van der Waals surface area contributed by atoms with E-state index in [0.717, 1.165) is 12.3 Å². The van der Waals surface area contributed by atoms with Gasteiger partial charge in [0.2, 0.25) is 0 Å². The normalized spacial score (nSPS) is 11.9. The second kappa shape index (κ2) is 5.37. The Labute approximate surface area is 107 Å². The number of sulfone groups is 1. The maximum Gasteiger partial charge on any atom is 0.387 e. The van der Waals surface area contributed by atoms with Gasteiger partial charge < -0.3 is 4.74 Å². The highest BCUT2D eigenvalue weighted by molar-refractivity contribution is 7.90. The lowest BCUT2D eigenvalue weighted by Gasteiger charge is -2.13. The summed E-state index contributed by atoms with van der Waals surface area (Å²) in [4.78, 5) is -0.402. The highest BCUT2D eigenvalue weighted by atomic mass is 35.5. The van der Waals surface area contributed by atoms with Gasteiger partial charge in [-0.2, -0.15) is 8.78 Å². The van der Waals surface area contributed by atoms with E-state index >= 15 is 0 Å². The minimum absolute atomic E-state index is 0.0858.